The van der Waals surface area contributed by atoms with E-state index in [2.05, 4.69) is 60.7 Å². The van der Waals surface area contributed by atoms with Crippen LogP contribution in [0, 0.1) is 0 Å². The Hall–Kier alpha value is -2.08. The van der Waals surface area contributed by atoms with Crippen LogP contribution in [0.1, 0.15) is 39.8 Å². The molecule has 0 N–H and O–H groups in total. The van der Waals surface area contributed by atoms with Crippen LogP contribution < -0.4 is 0 Å². The highest BCUT2D eigenvalue weighted by Gasteiger charge is 2.07. The minimum absolute atomic E-state index is 1.17. The lowest BCUT2D eigenvalue weighted by Gasteiger charge is -2.13. The Morgan fingerprint density at radius 3 is 1.37 bits per heavy atom. The standard InChI is InChI=1S/C19H16/c1(2-14-4-6-16-8-10-18(16)12-14)3-15-5-7-17-9-11-19(17)13-15/h4-13H,1-3H2. The molecule has 0 saturated carbocycles. The van der Waals surface area contributed by atoms with Crippen LogP contribution in [0.2, 0.25) is 0 Å². The van der Waals surface area contributed by atoms with Gasteiger partial charge in [0.1, 0.15) is 0 Å². The summed E-state index contributed by atoms with van der Waals surface area (Å²) in [5, 5.41) is 0. The van der Waals surface area contributed by atoms with Gasteiger partial charge in [-0.1, -0.05) is 60.7 Å². The minimum atomic E-state index is 1.17. The van der Waals surface area contributed by atoms with Gasteiger partial charge in [-0.3, -0.25) is 0 Å². The van der Waals surface area contributed by atoms with Gasteiger partial charge in [0.2, 0.25) is 0 Å². The van der Waals surface area contributed by atoms with Crippen molar-refractivity contribution < 1.29 is 0 Å². The van der Waals surface area contributed by atoms with Crippen LogP contribution in [0.3, 0.4) is 0 Å². The van der Waals surface area contributed by atoms with Crippen LogP contribution in [0.4, 0.5) is 0 Å². The van der Waals surface area contributed by atoms with E-state index < -0.39 is 0 Å². The van der Waals surface area contributed by atoms with Gasteiger partial charge >= 0.3 is 0 Å². The highest BCUT2D eigenvalue weighted by Crippen LogP contribution is 2.26. The molecule has 2 aliphatic rings. The van der Waals surface area contributed by atoms with E-state index in [0.29, 0.717) is 0 Å². The van der Waals surface area contributed by atoms with Crippen LogP contribution in [-0.2, 0) is 12.8 Å². The number of rotatable bonds is 4. The fourth-order valence-corrected chi connectivity index (χ4v) is 2.81. The molecule has 0 fully saturated rings. The summed E-state index contributed by atoms with van der Waals surface area (Å²) in [7, 11) is 0. The van der Waals surface area contributed by atoms with Crippen LogP contribution in [0.15, 0.2) is 36.4 Å². The van der Waals surface area contributed by atoms with Crippen molar-refractivity contribution in [2.45, 2.75) is 19.3 Å². The molecule has 2 aromatic rings. The summed E-state index contributed by atoms with van der Waals surface area (Å²) >= 11 is 0. The van der Waals surface area contributed by atoms with E-state index >= 15 is 0 Å². The van der Waals surface area contributed by atoms with Crippen molar-refractivity contribution in [3.63, 3.8) is 0 Å². The molecular formula is C19H16. The molecule has 92 valence electrons. The molecule has 0 heterocycles. The first kappa shape index (κ1) is 10.8. The smallest absolute Gasteiger partial charge is 0.0181 e. The molecule has 19 heavy (non-hydrogen) atoms. The number of aryl methyl sites for hydroxylation is 2. The van der Waals surface area contributed by atoms with Crippen molar-refractivity contribution in [2.24, 2.45) is 0 Å². The van der Waals surface area contributed by atoms with Gasteiger partial charge in [-0.05, 0) is 52.6 Å². The molecule has 0 atom stereocenters. The first-order chi connectivity index (χ1) is 9.38. The Balaban J connectivity index is 1.38. The van der Waals surface area contributed by atoms with Crippen molar-refractivity contribution in [1.29, 1.82) is 0 Å². The average molecular weight is 244 g/mol. The quantitative estimate of drug-likeness (QED) is 0.482. The van der Waals surface area contributed by atoms with E-state index in [1.54, 1.807) is 0 Å². The summed E-state index contributed by atoms with van der Waals surface area (Å²) in [6, 6.07) is 13.7. The third-order valence-corrected chi connectivity index (χ3v) is 4.12. The molecule has 0 aromatic heterocycles. The molecular weight excluding hydrogens is 228 g/mol. The third-order valence-electron chi connectivity index (χ3n) is 4.12. The molecule has 0 nitrogen and oxygen atoms in total. The van der Waals surface area contributed by atoms with Gasteiger partial charge in [0.05, 0.1) is 0 Å². The fourth-order valence-electron chi connectivity index (χ4n) is 2.81. The van der Waals surface area contributed by atoms with E-state index in [4.69, 9.17) is 0 Å². The van der Waals surface area contributed by atoms with E-state index in [9.17, 15) is 0 Å². The molecule has 4 rings (SSSR count). The fraction of sp³-hybridized carbons (Fsp3) is 0.158. The Labute approximate surface area is 114 Å². The largest absolute Gasteiger partial charge is 0.0584 e. The van der Waals surface area contributed by atoms with Gasteiger partial charge in [0, 0.05) is 0 Å². The number of hydrogen-bond donors (Lipinski definition) is 0. The third kappa shape index (κ3) is 1.94. The molecule has 2 aromatic carbocycles. The van der Waals surface area contributed by atoms with Gasteiger partial charge in [0.25, 0.3) is 0 Å². The molecule has 0 aliphatic heterocycles. The molecule has 0 bridgehead atoms. The summed E-state index contributed by atoms with van der Waals surface area (Å²) < 4.78 is 0. The Kier molecular flexibility index (Phi) is 2.41. The number of hydrogen-bond acceptors (Lipinski definition) is 0. The van der Waals surface area contributed by atoms with Crippen molar-refractivity contribution in [2.75, 3.05) is 0 Å². The Bertz CT molecular complexity index is 640. The molecule has 0 amide bonds. The van der Waals surface area contributed by atoms with Crippen LogP contribution in [-0.4, -0.2) is 0 Å². The van der Waals surface area contributed by atoms with Crippen molar-refractivity contribution in [3.05, 3.63) is 69.8 Å². The average Bonchev–Trinajstić information content (AvgIpc) is 2.35. The maximum Gasteiger partial charge on any atom is -0.0181 e. The Morgan fingerprint density at radius 1 is 0.526 bits per heavy atom. The highest BCUT2D eigenvalue weighted by molar-refractivity contribution is 5.86. The van der Waals surface area contributed by atoms with Gasteiger partial charge in [-0.2, -0.15) is 0 Å². The van der Waals surface area contributed by atoms with Crippen molar-refractivity contribution in [3.8, 4) is 0 Å². The molecule has 0 unspecified atom stereocenters. The second-order valence-electron chi connectivity index (χ2n) is 5.45. The first-order valence-electron chi connectivity index (χ1n) is 7.00. The van der Waals surface area contributed by atoms with Crippen molar-refractivity contribution >= 4 is 24.3 Å². The van der Waals surface area contributed by atoms with Crippen LogP contribution >= 0.6 is 0 Å². The van der Waals surface area contributed by atoms with E-state index in [1.807, 2.05) is 0 Å². The molecule has 0 spiro atoms. The zero-order valence-corrected chi connectivity index (χ0v) is 10.9. The predicted octanol–water partition coefficient (Wildman–Crippen LogP) is 4.83. The first-order valence-corrected chi connectivity index (χ1v) is 7.00. The number of benzene rings is 2. The summed E-state index contributed by atoms with van der Waals surface area (Å²) in [5.41, 5.74) is 8.52. The minimum Gasteiger partial charge on any atom is -0.0584 e. The lowest BCUT2D eigenvalue weighted by molar-refractivity contribution is 0.820. The van der Waals surface area contributed by atoms with E-state index in [-0.39, 0.29) is 0 Å². The van der Waals surface area contributed by atoms with Gasteiger partial charge in [-0.25, -0.2) is 0 Å². The second-order valence-corrected chi connectivity index (χ2v) is 5.45. The van der Waals surface area contributed by atoms with Gasteiger partial charge in [-0.15, -0.1) is 0 Å². The molecule has 0 radical (unpaired) electrons. The van der Waals surface area contributed by atoms with E-state index in [1.165, 1.54) is 52.6 Å². The summed E-state index contributed by atoms with van der Waals surface area (Å²) in [4.78, 5) is 0. The van der Waals surface area contributed by atoms with Crippen LogP contribution in [0.5, 0.6) is 0 Å². The summed E-state index contributed by atoms with van der Waals surface area (Å²) in [6.45, 7) is 0. The zero-order chi connectivity index (χ0) is 12.7. The normalized spacial score (nSPS) is 13.5. The summed E-state index contributed by atoms with van der Waals surface area (Å²) in [6.07, 6.45) is 12.3. The lowest BCUT2D eigenvalue weighted by atomic mass is 9.92. The maximum atomic E-state index is 2.33. The van der Waals surface area contributed by atoms with Gasteiger partial charge in [0.15, 0.2) is 0 Å². The predicted molar refractivity (Wildman–Crippen MR) is 82.8 cm³/mol. The van der Waals surface area contributed by atoms with E-state index in [0.717, 1.165) is 0 Å². The molecule has 0 heteroatoms. The monoisotopic (exact) mass is 244 g/mol. The zero-order valence-electron chi connectivity index (χ0n) is 10.9. The van der Waals surface area contributed by atoms with Crippen LogP contribution in [0.25, 0.3) is 24.3 Å². The molecule has 2 aliphatic carbocycles. The lowest BCUT2D eigenvalue weighted by Crippen LogP contribution is -1.96. The molecule has 0 saturated heterocycles. The SMILES string of the molecule is C1=Cc2cc(CCCc3ccc4c(c3)C=C4)ccc21. The Morgan fingerprint density at radius 2 is 1.00 bits per heavy atom. The summed E-state index contributed by atoms with van der Waals surface area (Å²) in [5.74, 6) is 0. The topological polar surface area (TPSA) is 0 Å². The highest BCUT2D eigenvalue weighted by atomic mass is 14.1. The second kappa shape index (κ2) is 4.24. The number of fused-ring (bicyclic) bond motifs is 2. The van der Waals surface area contributed by atoms with Crippen molar-refractivity contribution in [1.82, 2.24) is 0 Å². The van der Waals surface area contributed by atoms with Gasteiger partial charge < -0.3 is 0 Å². The maximum absolute atomic E-state index is 2.33.